The zero-order valence-corrected chi connectivity index (χ0v) is 20.0. The Labute approximate surface area is 198 Å². The van der Waals surface area contributed by atoms with Crippen LogP contribution in [0.5, 0.6) is 5.75 Å². The summed E-state index contributed by atoms with van der Waals surface area (Å²) in [6, 6.07) is 7.45. The molecule has 0 unspecified atom stereocenters. The number of halogens is 1. The van der Waals surface area contributed by atoms with E-state index in [4.69, 9.17) is 21.3 Å². The van der Waals surface area contributed by atoms with Crippen LogP contribution in [0, 0.1) is 0 Å². The summed E-state index contributed by atoms with van der Waals surface area (Å²) in [6.07, 6.45) is 8.77. The molecule has 5 rings (SSSR count). The molecule has 1 aliphatic carbocycles. The third-order valence-electron chi connectivity index (χ3n) is 6.58. The van der Waals surface area contributed by atoms with Gasteiger partial charge < -0.3 is 4.74 Å². The van der Waals surface area contributed by atoms with Crippen molar-refractivity contribution in [3.63, 3.8) is 0 Å². The summed E-state index contributed by atoms with van der Waals surface area (Å²) in [4.78, 5) is 23.5. The number of likely N-dealkylation sites (tertiary alicyclic amines) is 1. The summed E-state index contributed by atoms with van der Waals surface area (Å²) in [6.45, 7) is 4.30. The Kier molecular flexibility index (Phi) is 6.81. The van der Waals surface area contributed by atoms with Crippen LogP contribution in [0.1, 0.15) is 54.8 Å². The van der Waals surface area contributed by atoms with Crippen LogP contribution in [0.2, 0.25) is 5.02 Å². The highest BCUT2D eigenvalue weighted by atomic mass is 35.5. The van der Waals surface area contributed by atoms with Crippen LogP contribution < -0.4 is 10.3 Å². The third kappa shape index (κ3) is 4.73. The SMILES string of the molecule is O=c1c2c3c(sc2nc(CN2CCCC2)n1CCCCOc1ccc(Cl)cc1)CCCC3. The van der Waals surface area contributed by atoms with Crippen molar-refractivity contribution in [2.24, 2.45) is 0 Å². The zero-order valence-electron chi connectivity index (χ0n) is 18.4. The van der Waals surface area contributed by atoms with Gasteiger partial charge in [-0.1, -0.05) is 11.6 Å². The predicted octanol–water partition coefficient (Wildman–Crippen LogP) is 5.45. The molecule has 7 heteroatoms. The van der Waals surface area contributed by atoms with Crippen molar-refractivity contribution in [1.29, 1.82) is 0 Å². The fourth-order valence-electron chi connectivity index (χ4n) is 4.87. The van der Waals surface area contributed by atoms with E-state index in [1.165, 1.54) is 36.1 Å². The molecule has 3 aromatic rings. The molecule has 5 nitrogen and oxygen atoms in total. The van der Waals surface area contributed by atoms with Crippen LogP contribution in [-0.2, 0) is 25.9 Å². The molecule has 1 fully saturated rings. The van der Waals surface area contributed by atoms with E-state index in [0.29, 0.717) is 18.2 Å². The monoisotopic (exact) mass is 471 g/mol. The van der Waals surface area contributed by atoms with Gasteiger partial charge >= 0.3 is 0 Å². The fraction of sp³-hybridized carbons (Fsp3) is 0.520. The number of unbranched alkanes of at least 4 members (excludes halogenated alkanes) is 1. The number of benzene rings is 1. The number of rotatable bonds is 8. The third-order valence-corrected chi connectivity index (χ3v) is 8.01. The number of fused-ring (bicyclic) bond motifs is 3. The maximum atomic E-state index is 13.6. The second kappa shape index (κ2) is 9.94. The van der Waals surface area contributed by atoms with E-state index in [9.17, 15) is 4.79 Å². The maximum absolute atomic E-state index is 13.6. The quantitative estimate of drug-likeness (QED) is 0.410. The Morgan fingerprint density at radius 2 is 1.81 bits per heavy atom. The van der Waals surface area contributed by atoms with Crippen molar-refractivity contribution in [3.8, 4) is 5.75 Å². The molecule has 32 heavy (non-hydrogen) atoms. The number of hydrogen-bond acceptors (Lipinski definition) is 5. The van der Waals surface area contributed by atoms with Crippen LogP contribution in [0.4, 0.5) is 0 Å². The Balaban J connectivity index is 1.33. The second-order valence-electron chi connectivity index (χ2n) is 8.87. The van der Waals surface area contributed by atoms with Gasteiger partial charge in [0, 0.05) is 16.4 Å². The lowest BCUT2D eigenvalue weighted by molar-refractivity contribution is 0.296. The van der Waals surface area contributed by atoms with Crippen molar-refractivity contribution >= 4 is 33.2 Å². The molecule has 1 saturated heterocycles. The zero-order chi connectivity index (χ0) is 21.9. The van der Waals surface area contributed by atoms with Crippen molar-refractivity contribution in [2.45, 2.75) is 64.5 Å². The Morgan fingerprint density at radius 1 is 1.03 bits per heavy atom. The standard InChI is InChI=1S/C25H30ClN3O2S/c26-18-9-11-19(12-10-18)31-16-6-5-15-29-22(17-28-13-3-4-14-28)27-24-23(25(29)30)20-7-1-2-8-21(20)32-24/h9-12H,1-8,13-17H2. The topological polar surface area (TPSA) is 47.4 Å². The van der Waals surface area contributed by atoms with Crippen molar-refractivity contribution in [2.75, 3.05) is 19.7 Å². The normalized spacial score (nSPS) is 16.5. The maximum Gasteiger partial charge on any atom is 0.262 e. The molecule has 2 aromatic heterocycles. The summed E-state index contributed by atoms with van der Waals surface area (Å²) < 4.78 is 7.79. The number of ether oxygens (including phenoxy) is 1. The van der Waals surface area contributed by atoms with Crippen molar-refractivity contribution < 1.29 is 4.74 Å². The molecule has 0 radical (unpaired) electrons. The molecule has 0 atom stereocenters. The Hall–Kier alpha value is -1.89. The summed E-state index contributed by atoms with van der Waals surface area (Å²) in [5, 5.41) is 1.60. The van der Waals surface area contributed by atoms with Gasteiger partial charge in [0.15, 0.2) is 0 Å². The number of hydrogen-bond donors (Lipinski definition) is 0. The number of aromatic nitrogens is 2. The number of aryl methyl sites for hydroxylation is 2. The second-order valence-corrected chi connectivity index (χ2v) is 10.4. The van der Waals surface area contributed by atoms with Crippen LogP contribution in [0.25, 0.3) is 10.2 Å². The lowest BCUT2D eigenvalue weighted by Gasteiger charge is -2.18. The minimum Gasteiger partial charge on any atom is -0.494 e. The molecule has 170 valence electrons. The molecule has 0 spiro atoms. The first-order valence-electron chi connectivity index (χ1n) is 11.8. The minimum atomic E-state index is 0.169. The van der Waals surface area contributed by atoms with Crippen molar-refractivity contribution in [3.05, 3.63) is 55.9 Å². The van der Waals surface area contributed by atoms with Gasteiger partial charge in [0.2, 0.25) is 0 Å². The van der Waals surface area contributed by atoms with Gasteiger partial charge in [0.25, 0.3) is 5.56 Å². The largest absolute Gasteiger partial charge is 0.494 e. The van der Waals surface area contributed by atoms with E-state index in [2.05, 4.69) is 4.90 Å². The van der Waals surface area contributed by atoms with Crippen molar-refractivity contribution in [1.82, 2.24) is 14.5 Å². The van der Waals surface area contributed by atoms with Gasteiger partial charge in [-0.25, -0.2) is 4.98 Å². The van der Waals surface area contributed by atoms with Gasteiger partial charge in [-0.3, -0.25) is 14.3 Å². The van der Waals surface area contributed by atoms with Crippen LogP contribution in [0.15, 0.2) is 29.1 Å². The number of thiophene rings is 1. The predicted molar refractivity (Wildman–Crippen MR) is 131 cm³/mol. The smallest absolute Gasteiger partial charge is 0.262 e. The van der Waals surface area contributed by atoms with Gasteiger partial charge in [-0.2, -0.15) is 0 Å². The molecule has 0 bridgehead atoms. The first kappa shape index (κ1) is 21.9. The minimum absolute atomic E-state index is 0.169. The highest BCUT2D eigenvalue weighted by molar-refractivity contribution is 7.18. The van der Waals surface area contributed by atoms with Crippen LogP contribution in [-0.4, -0.2) is 34.1 Å². The number of nitrogens with zero attached hydrogens (tertiary/aromatic N) is 3. The van der Waals surface area contributed by atoms with E-state index in [0.717, 1.165) is 67.1 Å². The van der Waals surface area contributed by atoms with Gasteiger partial charge in [-0.05, 0) is 94.3 Å². The Bertz CT molecular complexity index is 1130. The highest BCUT2D eigenvalue weighted by Gasteiger charge is 2.23. The summed E-state index contributed by atoms with van der Waals surface area (Å²) in [5.74, 6) is 1.76. The molecule has 1 aliphatic heterocycles. The lowest BCUT2D eigenvalue weighted by atomic mass is 9.97. The van der Waals surface area contributed by atoms with E-state index in [1.807, 2.05) is 28.8 Å². The first-order valence-corrected chi connectivity index (χ1v) is 13.0. The molecule has 2 aliphatic rings. The molecular weight excluding hydrogens is 442 g/mol. The van der Waals surface area contributed by atoms with Gasteiger partial charge in [0.05, 0.1) is 18.5 Å². The van der Waals surface area contributed by atoms with E-state index >= 15 is 0 Å². The average Bonchev–Trinajstić information content (AvgIpc) is 3.44. The summed E-state index contributed by atoms with van der Waals surface area (Å²) in [7, 11) is 0. The van der Waals surface area contributed by atoms with Crippen LogP contribution in [0.3, 0.4) is 0 Å². The molecule has 0 saturated carbocycles. The Morgan fingerprint density at radius 3 is 2.62 bits per heavy atom. The summed E-state index contributed by atoms with van der Waals surface area (Å²) in [5.41, 5.74) is 1.45. The fourth-order valence-corrected chi connectivity index (χ4v) is 6.26. The van der Waals surface area contributed by atoms with E-state index < -0.39 is 0 Å². The van der Waals surface area contributed by atoms with Crippen LogP contribution >= 0.6 is 22.9 Å². The van der Waals surface area contributed by atoms with Gasteiger partial charge in [-0.15, -0.1) is 11.3 Å². The molecular formula is C25H30ClN3O2S. The molecule has 0 amide bonds. The van der Waals surface area contributed by atoms with Gasteiger partial charge in [0.1, 0.15) is 16.4 Å². The first-order chi connectivity index (χ1) is 15.7. The van der Waals surface area contributed by atoms with E-state index in [1.54, 1.807) is 11.3 Å². The highest BCUT2D eigenvalue weighted by Crippen LogP contribution is 2.34. The average molecular weight is 472 g/mol. The summed E-state index contributed by atoms with van der Waals surface area (Å²) >= 11 is 7.69. The molecule has 0 N–H and O–H groups in total. The molecule has 1 aromatic carbocycles. The van der Waals surface area contributed by atoms with E-state index in [-0.39, 0.29) is 5.56 Å². The lowest BCUT2D eigenvalue weighted by Crippen LogP contribution is -2.30. The molecule has 3 heterocycles.